The van der Waals surface area contributed by atoms with Crippen molar-refractivity contribution in [3.05, 3.63) is 38.6 Å². The van der Waals surface area contributed by atoms with Gasteiger partial charge >= 0.3 is 0 Å². The van der Waals surface area contributed by atoms with E-state index >= 15 is 0 Å². The topological polar surface area (TPSA) is 41.1 Å². The number of nitrogens with zero attached hydrogens (tertiary/aromatic N) is 3. The van der Waals surface area contributed by atoms with Crippen molar-refractivity contribution in [2.24, 2.45) is 0 Å². The summed E-state index contributed by atoms with van der Waals surface area (Å²) in [7, 11) is 0. The zero-order chi connectivity index (χ0) is 18.1. The smallest absolute Gasteiger partial charge is 0.157 e. The lowest BCUT2D eigenvalue weighted by molar-refractivity contribution is 0.667. The number of hydrogen-bond acceptors (Lipinski definition) is 4. The molecule has 0 radical (unpaired) electrons. The highest BCUT2D eigenvalue weighted by atomic mass is 35.5. The molecule has 1 N–H and O–H groups in total. The molecule has 0 aliphatic carbocycles. The zero-order valence-corrected chi connectivity index (χ0v) is 16.8. The fourth-order valence-electron chi connectivity index (χ4n) is 3.17. The Bertz CT molecular complexity index is 790. The largest absolute Gasteiger partial charge is 0.366 e. The Kier molecular flexibility index (Phi) is 5.62. The van der Waals surface area contributed by atoms with E-state index in [0.29, 0.717) is 38.6 Å². The molecule has 0 bridgehead atoms. The van der Waals surface area contributed by atoms with E-state index in [1.54, 1.807) is 6.07 Å². The van der Waals surface area contributed by atoms with Crippen LogP contribution in [0.3, 0.4) is 0 Å². The molecule has 0 unspecified atom stereocenters. The second-order valence-electron chi connectivity index (χ2n) is 6.21. The Labute approximate surface area is 163 Å². The Hall–Kier alpha value is -1.23. The van der Waals surface area contributed by atoms with Gasteiger partial charge in [-0.3, -0.25) is 0 Å². The van der Waals surface area contributed by atoms with Gasteiger partial charge in [0.05, 0.1) is 10.7 Å². The van der Waals surface area contributed by atoms with Gasteiger partial charge in [0.15, 0.2) is 11.6 Å². The van der Waals surface area contributed by atoms with E-state index < -0.39 is 0 Å². The van der Waals surface area contributed by atoms with Crippen LogP contribution in [0, 0.1) is 6.92 Å². The summed E-state index contributed by atoms with van der Waals surface area (Å²) in [5.74, 6) is 2.04. The SMILES string of the molecule is CCC(CC)Nc1nc(C)nc(N2CCc3cc(Cl)cc(Cl)c32)c1Cl. The van der Waals surface area contributed by atoms with Crippen LogP contribution in [0.5, 0.6) is 0 Å². The van der Waals surface area contributed by atoms with Gasteiger partial charge in [-0.2, -0.15) is 0 Å². The number of nitrogens with one attached hydrogen (secondary N) is 1. The molecule has 3 rings (SSSR count). The van der Waals surface area contributed by atoms with Gasteiger partial charge in [-0.1, -0.05) is 48.7 Å². The highest BCUT2D eigenvalue weighted by Gasteiger charge is 2.28. The van der Waals surface area contributed by atoms with Crippen molar-refractivity contribution in [2.75, 3.05) is 16.8 Å². The molecule has 0 spiro atoms. The standard InChI is InChI=1S/C18H21Cl3N4/c1-4-13(5-2)24-17-15(21)18(23-10(3)22-17)25-7-6-11-8-12(19)9-14(20)16(11)25/h8-9,13H,4-7H2,1-3H3,(H,22,23,24). The molecule has 1 aromatic carbocycles. The minimum atomic E-state index is 0.327. The van der Waals surface area contributed by atoms with Crippen molar-refractivity contribution in [3.63, 3.8) is 0 Å². The second-order valence-corrected chi connectivity index (χ2v) is 7.43. The Morgan fingerprint density at radius 3 is 2.56 bits per heavy atom. The molecule has 25 heavy (non-hydrogen) atoms. The fourth-order valence-corrected chi connectivity index (χ4v) is 4.05. The van der Waals surface area contributed by atoms with Gasteiger partial charge in [0.25, 0.3) is 0 Å². The van der Waals surface area contributed by atoms with Crippen LogP contribution in [0.4, 0.5) is 17.3 Å². The Morgan fingerprint density at radius 1 is 1.16 bits per heavy atom. The van der Waals surface area contributed by atoms with Gasteiger partial charge in [-0.25, -0.2) is 9.97 Å². The molecule has 134 valence electrons. The van der Waals surface area contributed by atoms with Gasteiger partial charge < -0.3 is 10.2 Å². The summed E-state index contributed by atoms with van der Waals surface area (Å²) in [5.41, 5.74) is 2.04. The first-order valence-corrected chi connectivity index (χ1v) is 9.64. The van der Waals surface area contributed by atoms with Crippen LogP contribution in [0.2, 0.25) is 15.1 Å². The van der Waals surface area contributed by atoms with Crippen LogP contribution in [0.1, 0.15) is 38.1 Å². The third kappa shape index (κ3) is 3.67. The predicted molar refractivity (Wildman–Crippen MR) is 107 cm³/mol. The van der Waals surface area contributed by atoms with E-state index in [-0.39, 0.29) is 0 Å². The van der Waals surface area contributed by atoms with Crippen LogP contribution >= 0.6 is 34.8 Å². The van der Waals surface area contributed by atoms with E-state index in [1.165, 1.54) is 0 Å². The second kappa shape index (κ2) is 7.56. The van der Waals surface area contributed by atoms with E-state index in [0.717, 1.165) is 37.1 Å². The van der Waals surface area contributed by atoms with Crippen molar-refractivity contribution in [1.29, 1.82) is 0 Å². The van der Waals surface area contributed by atoms with Crippen LogP contribution < -0.4 is 10.2 Å². The van der Waals surface area contributed by atoms with E-state index in [9.17, 15) is 0 Å². The fraction of sp³-hybridized carbons (Fsp3) is 0.444. The monoisotopic (exact) mass is 398 g/mol. The number of aryl methyl sites for hydroxylation is 1. The van der Waals surface area contributed by atoms with Gasteiger partial charge in [-0.15, -0.1) is 0 Å². The summed E-state index contributed by atoms with van der Waals surface area (Å²) >= 11 is 19.3. The molecule has 1 aromatic heterocycles. The van der Waals surface area contributed by atoms with E-state index in [4.69, 9.17) is 34.8 Å². The average Bonchev–Trinajstić information content (AvgIpc) is 2.99. The van der Waals surface area contributed by atoms with Crippen molar-refractivity contribution in [3.8, 4) is 0 Å². The highest BCUT2D eigenvalue weighted by Crippen LogP contribution is 2.44. The summed E-state index contributed by atoms with van der Waals surface area (Å²) in [6, 6.07) is 4.03. The number of benzene rings is 1. The minimum absolute atomic E-state index is 0.327. The molecule has 7 heteroatoms. The van der Waals surface area contributed by atoms with Gasteiger partial charge in [0, 0.05) is 17.6 Å². The van der Waals surface area contributed by atoms with Crippen LogP contribution in [0.15, 0.2) is 12.1 Å². The zero-order valence-electron chi connectivity index (χ0n) is 14.5. The number of rotatable bonds is 5. The van der Waals surface area contributed by atoms with Crippen LogP contribution in [-0.2, 0) is 6.42 Å². The average molecular weight is 400 g/mol. The van der Waals surface area contributed by atoms with Gasteiger partial charge in [0.1, 0.15) is 10.8 Å². The van der Waals surface area contributed by atoms with Crippen molar-refractivity contribution in [1.82, 2.24) is 9.97 Å². The summed E-state index contributed by atoms with van der Waals surface area (Å²) in [4.78, 5) is 11.1. The lowest BCUT2D eigenvalue weighted by Crippen LogP contribution is -2.21. The number of aromatic nitrogens is 2. The first-order chi connectivity index (χ1) is 11.9. The molecule has 0 saturated heterocycles. The molecule has 1 aliphatic rings. The molecule has 2 heterocycles. The first-order valence-electron chi connectivity index (χ1n) is 8.50. The molecule has 2 aromatic rings. The van der Waals surface area contributed by atoms with E-state index in [2.05, 4.69) is 34.0 Å². The number of hydrogen-bond donors (Lipinski definition) is 1. The quantitative estimate of drug-likeness (QED) is 0.665. The Morgan fingerprint density at radius 2 is 1.88 bits per heavy atom. The maximum atomic E-state index is 6.67. The molecular formula is C18H21Cl3N4. The third-order valence-electron chi connectivity index (χ3n) is 4.51. The maximum absolute atomic E-state index is 6.67. The molecule has 0 atom stereocenters. The predicted octanol–water partition coefficient (Wildman–Crippen LogP) is 6.04. The minimum Gasteiger partial charge on any atom is -0.366 e. The lowest BCUT2D eigenvalue weighted by Gasteiger charge is -2.24. The number of halogens is 3. The van der Waals surface area contributed by atoms with Crippen LogP contribution in [-0.4, -0.2) is 22.6 Å². The molecule has 0 amide bonds. The molecule has 4 nitrogen and oxygen atoms in total. The van der Waals surface area contributed by atoms with E-state index in [1.807, 2.05) is 13.0 Å². The normalized spacial score (nSPS) is 13.5. The molecule has 0 fully saturated rings. The summed E-state index contributed by atoms with van der Waals surface area (Å²) in [5, 5.41) is 5.22. The third-order valence-corrected chi connectivity index (χ3v) is 5.36. The highest BCUT2D eigenvalue weighted by molar-refractivity contribution is 6.38. The molecular weight excluding hydrogens is 379 g/mol. The molecule has 0 saturated carbocycles. The van der Waals surface area contributed by atoms with Gasteiger partial charge in [-0.05, 0) is 43.9 Å². The van der Waals surface area contributed by atoms with Crippen LogP contribution in [0.25, 0.3) is 0 Å². The maximum Gasteiger partial charge on any atom is 0.157 e. The number of fused-ring (bicyclic) bond motifs is 1. The first kappa shape index (κ1) is 18.6. The van der Waals surface area contributed by atoms with Crippen molar-refractivity contribution < 1.29 is 0 Å². The summed E-state index contributed by atoms with van der Waals surface area (Å²) in [6.07, 6.45) is 2.86. The summed E-state index contributed by atoms with van der Waals surface area (Å²) in [6.45, 7) is 6.92. The Balaban J connectivity index is 2.04. The summed E-state index contributed by atoms with van der Waals surface area (Å²) < 4.78 is 0. The molecule has 1 aliphatic heterocycles. The van der Waals surface area contributed by atoms with Crippen molar-refractivity contribution >= 4 is 52.1 Å². The number of anilines is 3. The van der Waals surface area contributed by atoms with Crippen molar-refractivity contribution in [2.45, 2.75) is 46.1 Å². The van der Waals surface area contributed by atoms with Gasteiger partial charge in [0.2, 0.25) is 0 Å². The lowest BCUT2D eigenvalue weighted by atomic mass is 10.1.